The van der Waals surface area contributed by atoms with Gasteiger partial charge in [0.05, 0.1) is 26.2 Å². The van der Waals surface area contributed by atoms with Crippen molar-refractivity contribution in [2.24, 2.45) is 0 Å². The van der Waals surface area contributed by atoms with E-state index in [9.17, 15) is 13.2 Å². The zero-order valence-corrected chi connectivity index (χ0v) is 16.5. The first kappa shape index (κ1) is 19.0. The number of nitrogens with zero attached hydrogens (tertiary/aromatic N) is 1. The van der Waals surface area contributed by atoms with E-state index in [4.69, 9.17) is 9.47 Å². The second kappa shape index (κ2) is 7.11. The predicted octanol–water partition coefficient (Wildman–Crippen LogP) is 2.67. The standard InChI is InChI=1S/C19H22N2O5S/c1-12-9-14-10-13(5-7-16(14)21(12)27(4,23)24)19(22)20-15-6-8-17(25-2)18(11-15)26-3/h5-8,10-12H,9H2,1-4H3,(H,20,22)/t12-/m0/s1. The van der Waals surface area contributed by atoms with Gasteiger partial charge < -0.3 is 14.8 Å². The van der Waals surface area contributed by atoms with Gasteiger partial charge in [0.25, 0.3) is 5.91 Å². The lowest BCUT2D eigenvalue weighted by molar-refractivity contribution is 0.102. The number of hydrogen-bond acceptors (Lipinski definition) is 5. The average Bonchev–Trinajstić information content (AvgIpc) is 2.96. The monoisotopic (exact) mass is 390 g/mol. The number of amides is 1. The highest BCUT2D eigenvalue weighted by Gasteiger charge is 2.32. The van der Waals surface area contributed by atoms with E-state index in [1.807, 2.05) is 6.92 Å². The number of anilines is 2. The van der Waals surface area contributed by atoms with E-state index in [0.717, 1.165) is 5.56 Å². The van der Waals surface area contributed by atoms with Gasteiger partial charge in [0.2, 0.25) is 10.0 Å². The summed E-state index contributed by atoms with van der Waals surface area (Å²) in [6.45, 7) is 1.85. The van der Waals surface area contributed by atoms with Crippen LogP contribution in [0.5, 0.6) is 11.5 Å². The Morgan fingerprint density at radius 2 is 1.81 bits per heavy atom. The Bertz CT molecular complexity index is 988. The second-order valence-electron chi connectivity index (χ2n) is 6.48. The zero-order valence-electron chi connectivity index (χ0n) is 15.6. The van der Waals surface area contributed by atoms with Crippen LogP contribution in [0.2, 0.25) is 0 Å². The average molecular weight is 390 g/mol. The topological polar surface area (TPSA) is 84.9 Å². The molecule has 1 aliphatic heterocycles. The van der Waals surface area contributed by atoms with Crippen LogP contribution in [0.15, 0.2) is 36.4 Å². The number of nitrogens with one attached hydrogen (secondary N) is 1. The molecule has 2 aromatic carbocycles. The molecule has 2 aromatic rings. The number of carbonyl (C=O) groups is 1. The van der Waals surface area contributed by atoms with Crippen LogP contribution < -0.4 is 19.1 Å². The first-order valence-electron chi connectivity index (χ1n) is 8.40. The Balaban J connectivity index is 1.84. The van der Waals surface area contributed by atoms with Crippen LogP contribution in [-0.2, 0) is 16.4 Å². The lowest BCUT2D eigenvalue weighted by Crippen LogP contribution is -2.34. The smallest absolute Gasteiger partial charge is 0.255 e. The molecule has 1 atom stereocenters. The van der Waals surface area contributed by atoms with E-state index in [-0.39, 0.29) is 11.9 Å². The lowest BCUT2D eigenvalue weighted by atomic mass is 10.1. The third-order valence-electron chi connectivity index (χ3n) is 4.49. The summed E-state index contributed by atoms with van der Waals surface area (Å²) < 4.78 is 35.8. The molecule has 0 aliphatic carbocycles. The van der Waals surface area contributed by atoms with Gasteiger partial charge in [0.15, 0.2) is 11.5 Å². The molecule has 0 bridgehead atoms. The lowest BCUT2D eigenvalue weighted by Gasteiger charge is -2.21. The molecule has 0 spiro atoms. The molecule has 3 rings (SSSR count). The van der Waals surface area contributed by atoms with Crippen molar-refractivity contribution in [3.8, 4) is 11.5 Å². The van der Waals surface area contributed by atoms with Gasteiger partial charge in [-0.25, -0.2) is 8.42 Å². The highest BCUT2D eigenvalue weighted by molar-refractivity contribution is 7.92. The van der Waals surface area contributed by atoms with E-state index in [0.29, 0.717) is 34.9 Å². The highest BCUT2D eigenvalue weighted by Crippen LogP contribution is 2.35. The van der Waals surface area contributed by atoms with Crippen molar-refractivity contribution in [1.82, 2.24) is 0 Å². The predicted molar refractivity (Wildman–Crippen MR) is 104 cm³/mol. The van der Waals surface area contributed by atoms with Crippen molar-refractivity contribution < 1.29 is 22.7 Å². The molecule has 0 saturated heterocycles. The fourth-order valence-electron chi connectivity index (χ4n) is 3.37. The molecule has 8 heteroatoms. The SMILES string of the molecule is COc1ccc(NC(=O)c2ccc3c(c2)C[C@H](C)N3S(C)(=O)=O)cc1OC. The number of rotatable bonds is 5. The highest BCUT2D eigenvalue weighted by atomic mass is 32.2. The molecule has 7 nitrogen and oxygen atoms in total. The number of methoxy groups -OCH3 is 2. The fraction of sp³-hybridized carbons (Fsp3) is 0.316. The summed E-state index contributed by atoms with van der Waals surface area (Å²) in [5, 5.41) is 2.82. The maximum absolute atomic E-state index is 12.6. The molecular formula is C19H22N2O5S. The molecule has 0 saturated carbocycles. The van der Waals surface area contributed by atoms with E-state index in [1.54, 1.807) is 43.5 Å². The number of benzene rings is 2. The largest absolute Gasteiger partial charge is 0.493 e. The molecule has 0 fully saturated rings. The Labute approximate surface area is 158 Å². The van der Waals surface area contributed by atoms with Crippen molar-refractivity contribution in [3.05, 3.63) is 47.5 Å². The van der Waals surface area contributed by atoms with Gasteiger partial charge in [0.1, 0.15) is 0 Å². The molecule has 0 radical (unpaired) electrons. The van der Waals surface area contributed by atoms with Crippen molar-refractivity contribution in [1.29, 1.82) is 0 Å². The summed E-state index contributed by atoms with van der Waals surface area (Å²) in [5.41, 5.74) is 2.51. The molecule has 1 N–H and O–H groups in total. The summed E-state index contributed by atoms with van der Waals surface area (Å²) in [5.74, 6) is 0.806. The maximum Gasteiger partial charge on any atom is 0.255 e. The Morgan fingerprint density at radius 3 is 2.44 bits per heavy atom. The Kier molecular flexibility index (Phi) is 5.01. The molecule has 144 valence electrons. The van der Waals surface area contributed by atoms with E-state index < -0.39 is 10.0 Å². The van der Waals surface area contributed by atoms with E-state index >= 15 is 0 Å². The van der Waals surface area contributed by atoms with Crippen LogP contribution in [0, 0.1) is 0 Å². The zero-order chi connectivity index (χ0) is 19.8. The number of hydrogen-bond donors (Lipinski definition) is 1. The third-order valence-corrected chi connectivity index (χ3v) is 5.76. The van der Waals surface area contributed by atoms with Gasteiger partial charge in [-0.3, -0.25) is 9.10 Å². The van der Waals surface area contributed by atoms with E-state index in [1.165, 1.54) is 17.7 Å². The molecule has 0 aromatic heterocycles. The molecule has 1 heterocycles. The minimum Gasteiger partial charge on any atom is -0.493 e. The van der Waals surface area contributed by atoms with Gasteiger partial charge in [-0.15, -0.1) is 0 Å². The van der Waals surface area contributed by atoms with Crippen molar-refractivity contribution in [3.63, 3.8) is 0 Å². The summed E-state index contributed by atoms with van der Waals surface area (Å²) >= 11 is 0. The molecule has 0 unspecified atom stereocenters. The normalized spacial score (nSPS) is 16.0. The van der Waals surface area contributed by atoms with Gasteiger partial charge in [-0.1, -0.05) is 0 Å². The van der Waals surface area contributed by atoms with Crippen LogP contribution in [0.3, 0.4) is 0 Å². The molecule has 27 heavy (non-hydrogen) atoms. The van der Waals surface area contributed by atoms with Crippen LogP contribution in [0.4, 0.5) is 11.4 Å². The third kappa shape index (κ3) is 3.71. The fourth-order valence-corrected chi connectivity index (χ4v) is 4.63. The van der Waals surface area contributed by atoms with Gasteiger partial charge in [-0.2, -0.15) is 0 Å². The Hall–Kier alpha value is -2.74. The summed E-state index contributed by atoms with van der Waals surface area (Å²) in [4.78, 5) is 12.6. The minimum atomic E-state index is -3.35. The van der Waals surface area contributed by atoms with Gasteiger partial charge in [0, 0.05) is 23.4 Å². The first-order chi connectivity index (χ1) is 12.7. The molecule has 1 aliphatic rings. The first-order valence-corrected chi connectivity index (χ1v) is 10.2. The van der Waals surface area contributed by atoms with E-state index in [2.05, 4.69) is 5.32 Å². The van der Waals surface area contributed by atoms with Crippen LogP contribution >= 0.6 is 0 Å². The summed E-state index contributed by atoms with van der Waals surface area (Å²) in [7, 11) is -0.285. The van der Waals surface area contributed by atoms with Crippen LogP contribution in [0.1, 0.15) is 22.8 Å². The summed E-state index contributed by atoms with van der Waals surface area (Å²) in [6.07, 6.45) is 1.76. The maximum atomic E-state index is 12.6. The number of ether oxygens (including phenoxy) is 2. The van der Waals surface area contributed by atoms with Crippen LogP contribution in [0.25, 0.3) is 0 Å². The minimum absolute atomic E-state index is 0.167. The van der Waals surface area contributed by atoms with Gasteiger partial charge in [-0.05, 0) is 49.2 Å². The van der Waals surface area contributed by atoms with Crippen molar-refractivity contribution in [2.45, 2.75) is 19.4 Å². The Morgan fingerprint density at radius 1 is 1.11 bits per heavy atom. The summed E-state index contributed by atoms with van der Waals surface area (Å²) in [6, 6.07) is 10.0. The quantitative estimate of drug-likeness (QED) is 0.848. The number of fused-ring (bicyclic) bond motifs is 1. The number of carbonyl (C=O) groups excluding carboxylic acids is 1. The van der Waals surface area contributed by atoms with Gasteiger partial charge >= 0.3 is 0 Å². The van der Waals surface area contributed by atoms with Crippen molar-refractivity contribution in [2.75, 3.05) is 30.1 Å². The van der Waals surface area contributed by atoms with Crippen molar-refractivity contribution >= 4 is 27.3 Å². The second-order valence-corrected chi connectivity index (χ2v) is 8.34. The number of sulfonamides is 1. The molecular weight excluding hydrogens is 368 g/mol. The molecule has 1 amide bonds. The van der Waals surface area contributed by atoms with Crippen LogP contribution in [-0.4, -0.2) is 40.8 Å².